The summed E-state index contributed by atoms with van der Waals surface area (Å²) >= 11 is 12.3. The minimum atomic E-state index is -0.238. The highest BCUT2D eigenvalue weighted by Gasteiger charge is 2.18. The lowest BCUT2D eigenvalue weighted by Gasteiger charge is -2.07. The number of rotatable bonds is 4. The summed E-state index contributed by atoms with van der Waals surface area (Å²) in [5.41, 5.74) is 1.14. The highest BCUT2D eigenvalue weighted by Crippen LogP contribution is 2.29. The first-order chi connectivity index (χ1) is 12.6. The Kier molecular flexibility index (Phi) is 4.87. The van der Waals surface area contributed by atoms with E-state index in [1.54, 1.807) is 12.1 Å². The van der Waals surface area contributed by atoms with E-state index in [1.807, 2.05) is 6.07 Å². The van der Waals surface area contributed by atoms with Gasteiger partial charge in [-0.3, -0.25) is 4.79 Å². The lowest BCUT2D eigenvalue weighted by atomic mass is 10.2. The van der Waals surface area contributed by atoms with Gasteiger partial charge in [-0.25, -0.2) is 0 Å². The zero-order valence-corrected chi connectivity index (χ0v) is 15.7. The Morgan fingerprint density at radius 2 is 2.12 bits per heavy atom. The van der Waals surface area contributed by atoms with E-state index in [9.17, 15) is 4.79 Å². The minimum absolute atomic E-state index is 0.238. The van der Waals surface area contributed by atoms with Crippen LogP contribution in [0.15, 0.2) is 18.2 Å². The second kappa shape index (κ2) is 7.29. The van der Waals surface area contributed by atoms with Crippen molar-refractivity contribution in [2.24, 2.45) is 0 Å². The van der Waals surface area contributed by atoms with Gasteiger partial charge in [0, 0.05) is 41.9 Å². The van der Waals surface area contributed by atoms with Crippen LogP contribution in [0.1, 0.15) is 41.4 Å². The summed E-state index contributed by atoms with van der Waals surface area (Å²) in [5.74, 6) is 1.74. The Morgan fingerprint density at radius 1 is 1.23 bits per heavy atom. The number of H-pyrrole nitrogens is 1. The zero-order valence-electron chi connectivity index (χ0n) is 14.2. The quantitative estimate of drug-likeness (QED) is 0.710. The molecule has 3 heterocycles. The molecule has 3 aromatic rings. The fourth-order valence-corrected chi connectivity index (χ4v) is 3.86. The molecular weight excluding hydrogens is 373 g/mol. The molecule has 1 amide bonds. The molecule has 8 heteroatoms. The smallest absolute Gasteiger partial charge is 0.269 e. The highest BCUT2D eigenvalue weighted by atomic mass is 35.5. The van der Waals surface area contributed by atoms with E-state index in [-0.39, 0.29) is 5.91 Å². The number of hydrogen-bond donors (Lipinski definition) is 2. The van der Waals surface area contributed by atoms with Crippen LogP contribution in [0, 0.1) is 0 Å². The largest absolute Gasteiger partial charge is 0.350 e. The fraction of sp³-hybridized carbons (Fsp3) is 0.389. The molecule has 6 nitrogen and oxygen atoms in total. The Morgan fingerprint density at radius 3 is 3.00 bits per heavy atom. The minimum Gasteiger partial charge on any atom is -0.350 e. The molecule has 4 rings (SSSR count). The Hall–Kier alpha value is -2.05. The van der Waals surface area contributed by atoms with E-state index in [1.165, 1.54) is 6.42 Å². The number of fused-ring (bicyclic) bond motifs is 2. The number of benzene rings is 1. The summed E-state index contributed by atoms with van der Waals surface area (Å²) in [7, 11) is 0. The molecule has 0 aliphatic carbocycles. The molecule has 2 aromatic heterocycles. The second-order valence-corrected chi connectivity index (χ2v) is 7.32. The SMILES string of the molecule is O=C(NCCc1nnc2n1CCCCC2)c1[nH]c2ccc(Cl)cc2c1Cl. The fourth-order valence-electron chi connectivity index (χ4n) is 3.39. The molecule has 0 unspecified atom stereocenters. The van der Waals surface area contributed by atoms with Crippen LogP contribution in [0.3, 0.4) is 0 Å². The van der Waals surface area contributed by atoms with Crippen molar-refractivity contribution in [1.29, 1.82) is 0 Å². The van der Waals surface area contributed by atoms with Crippen molar-refractivity contribution in [2.75, 3.05) is 6.54 Å². The van der Waals surface area contributed by atoms with E-state index < -0.39 is 0 Å². The lowest BCUT2D eigenvalue weighted by molar-refractivity contribution is 0.0950. The number of amides is 1. The predicted molar refractivity (Wildman–Crippen MR) is 102 cm³/mol. The molecule has 1 aliphatic rings. The molecule has 2 N–H and O–H groups in total. The van der Waals surface area contributed by atoms with Crippen LogP contribution in [0.5, 0.6) is 0 Å². The summed E-state index contributed by atoms with van der Waals surface area (Å²) in [5, 5.41) is 13.2. The van der Waals surface area contributed by atoms with Crippen molar-refractivity contribution in [3.63, 3.8) is 0 Å². The Bertz CT molecular complexity index is 962. The van der Waals surface area contributed by atoms with Gasteiger partial charge in [0.15, 0.2) is 0 Å². The first-order valence-electron chi connectivity index (χ1n) is 8.79. The molecular formula is C18H19Cl2N5O. The van der Waals surface area contributed by atoms with Crippen LogP contribution in [0.4, 0.5) is 0 Å². The standard InChI is InChI=1S/C18H19Cl2N5O/c19-11-5-6-13-12(10-11)16(20)17(22-13)18(26)21-8-7-15-24-23-14-4-2-1-3-9-25(14)15/h5-6,10,22H,1-4,7-9H2,(H,21,26). The average molecular weight is 392 g/mol. The maximum Gasteiger partial charge on any atom is 0.269 e. The van der Waals surface area contributed by atoms with Gasteiger partial charge in [-0.2, -0.15) is 0 Å². The van der Waals surface area contributed by atoms with Crippen LogP contribution >= 0.6 is 23.2 Å². The van der Waals surface area contributed by atoms with E-state index in [0.29, 0.717) is 28.7 Å². The number of carbonyl (C=O) groups is 1. The summed E-state index contributed by atoms with van der Waals surface area (Å²) in [6, 6.07) is 5.32. The highest BCUT2D eigenvalue weighted by molar-refractivity contribution is 6.39. The number of aromatic nitrogens is 4. The molecule has 1 aliphatic heterocycles. The summed E-state index contributed by atoms with van der Waals surface area (Å²) in [4.78, 5) is 15.5. The third-order valence-electron chi connectivity index (χ3n) is 4.74. The van der Waals surface area contributed by atoms with Crippen molar-refractivity contribution in [2.45, 2.75) is 38.6 Å². The second-order valence-electron chi connectivity index (χ2n) is 6.50. The average Bonchev–Trinajstić information content (AvgIpc) is 3.06. The van der Waals surface area contributed by atoms with Gasteiger partial charge in [0.25, 0.3) is 5.91 Å². The molecule has 0 atom stereocenters. The van der Waals surface area contributed by atoms with Crippen LogP contribution < -0.4 is 5.32 Å². The van der Waals surface area contributed by atoms with Gasteiger partial charge in [0.05, 0.1) is 5.02 Å². The Balaban J connectivity index is 1.43. The topological polar surface area (TPSA) is 75.6 Å². The Labute approximate surface area is 160 Å². The van der Waals surface area contributed by atoms with Gasteiger partial charge in [0.1, 0.15) is 17.3 Å². The van der Waals surface area contributed by atoms with Gasteiger partial charge < -0.3 is 14.9 Å². The van der Waals surface area contributed by atoms with E-state index in [2.05, 4.69) is 25.1 Å². The molecule has 1 aromatic carbocycles. The number of aromatic amines is 1. The van der Waals surface area contributed by atoms with Gasteiger partial charge in [-0.15, -0.1) is 10.2 Å². The molecule has 0 saturated heterocycles. The summed E-state index contributed by atoms with van der Waals surface area (Å²) < 4.78 is 2.19. The van der Waals surface area contributed by atoms with Gasteiger partial charge in [-0.05, 0) is 31.0 Å². The number of nitrogens with zero attached hydrogens (tertiary/aromatic N) is 3. The molecule has 136 valence electrons. The first-order valence-corrected chi connectivity index (χ1v) is 9.55. The van der Waals surface area contributed by atoms with Crippen LogP contribution in [-0.2, 0) is 19.4 Å². The van der Waals surface area contributed by atoms with Crippen molar-refractivity contribution in [3.05, 3.63) is 45.6 Å². The van der Waals surface area contributed by atoms with Crippen molar-refractivity contribution < 1.29 is 4.79 Å². The molecule has 0 bridgehead atoms. The monoisotopic (exact) mass is 391 g/mol. The van der Waals surface area contributed by atoms with Gasteiger partial charge in [-0.1, -0.05) is 29.6 Å². The van der Waals surface area contributed by atoms with E-state index >= 15 is 0 Å². The lowest BCUT2D eigenvalue weighted by Crippen LogP contribution is -2.27. The van der Waals surface area contributed by atoms with E-state index in [4.69, 9.17) is 23.2 Å². The third-order valence-corrected chi connectivity index (χ3v) is 5.37. The summed E-state index contributed by atoms with van der Waals surface area (Å²) in [6.45, 7) is 1.43. The van der Waals surface area contributed by atoms with Crippen LogP contribution in [-0.4, -0.2) is 32.2 Å². The molecule has 0 fully saturated rings. The predicted octanol–water partition coefficient (Wildman–Crippen LogP) is 3.77. The zero-order chi connectivity index (χ0) is 18.1. The third kappa shape index (κ3) is 3.31. The normalized spacial score (nSPS) is 14.2. The molecule has 0 saturated carbocycles. The van der Waals surface area contributed by atoms with Crippen molar-refractivity contribution >= 4 is 40.0 Å². The first kappa shape index (κ1) is 17.4. The van der Waals surface area contributed by atoms with Gasteiger partial charge in [0.2, 0.25) is 0 Å². The number of carbonyl (C=O) groups excluding carboxylic acids is 1. The summed E-state index contributed by atoms with van der Waals surface area (Å²) in [6.07, 6.45) is 5.16. The number of nitrogens with one attached hydrogen (secondary N) is 2. The van der Waals surface area contributed by atoms with Crippen molar-refractivity contribution in [1.82, 2.24) is 25.1 Å². The number of hydrogen-bond acceptors (Lipinski definition) is 3. The molecule has 26 heavy (non-hydrogen) atoms. The maximum atomic E-state index is 12.5. The van der Waals surface area contributed by atoms with Gasteiger partial charge >= 0.3 is 0 Å². The number of halogens is 2. The maximum absolute atomic E-state index is 12.5. The molecule has 0 spiro atoms. The van der Waals surface area contributed by atoms with E-state index in [0.717, 1.165) is 48.4 Å². The van der Waals surface area contributed by atoms with Crippen LogP contribution in [0.2, 0.25) is 10.0 Å². The number of aryl methyl sites for hydroxylation is 1. The van der Waals surface area contributed by atoms with Crippen molar-refractivity contribution in [3.8, 4) is 0 Å². The molecule has 0 radical (unpaired) electrons. The van der Waals surface area contributed by atoms with Crippen LogP contribution in [0.25, 0.3) is 10.9 Å².